The van der Waals surface area contributed by atoms with Crippen LogP contribution in [0.5, 0.6) is 0 Å². The molecule has 0 radical (unpaired) electrons. The molecule has 4 aliphatic carbocycles. The maximum absolute atomic E-state index is 5.51. The van der Waals surface area contributed by atoms with Gasteiger partial charge >= 0.3 is 0 Å². The molecule has 0 spiro atoms. The third-order valence-corrected chi connectivity index (χ3v) is 6.52. The fraction of sp³-hybridized carbons (Fsp3) is 0.941. The van der Waals surface area contributed by atoms with Gasteiger partial charge in [-0.1, -0.05) is 0 Å². The van der Waals surface area contributed by atoms with Crippen LogP contribution in [0.2, 0.25) is 0 Å². The molecule has 0 aliphatic heterocycles. The van der Waals surface area contributed by atoms with Gasteiger partial charge in [0.2, 0.25) is 0 Å². The predicted octanol–water partition coefficient (Wildman–Crippen LogP) is 1.20. The quantitative estimate of drug-likeness (QED) is 0.667. The first-order valence-corrected chi connectivity index (χ1v) is 9.21. The van der Waals surface area contributed by atoms with Crippen molar-refractivity contribution in [2.75, 3.05) is 27.2 Å². The second-order valence-corrected chi connectivity index (χ2v) is 8.77. The summed E-state index contributed by atoms with van der Waals surface area (Å²) in [6.07, 6.45) is 8.87. The number of quaternary nitrogens is 1. The van der Waals surface area contributed by atoms with Crippen molar-refractivity contribution in [1.82, 2.24) is 10.6 Å². The summed E-state index contributed by atoms with van der Waals surface area (Å²) in [4.78, 5) is 1.46. The van der Waals surface area contributed by atoms with Gasteiger partial charge in [0.15, 0.2) is 5.11 Å². The van der Waals surface area contributed by atoms with Crippen molar-refractivity contribution in [3.05, 3.63) is 0 Å². The molecule has 4 saturated carbocycles. The molecule has 3 nitrogen and oxygen atoms in total. The second kappa shape index (κ2) is 6.04. The summed E-state index contributed by atoms with van der Waals surface area (Å²) in [5, 5.41) is 7.86. The van der Waals surface area contributed by atoms with Gasteiger partial charge in [-0.15, -0.1) is 0 Å². The smallest absolute Gasteiger partial charge is 0.166 e. The predicted molar refractivity (Wildman–Crippen MR) is 91.5 cm³/mol. The normalized spacial score (nSPS) is 38.6. The van der Waals surface area contributed by atoms with E-state index in [2.05, 4.69) is 31.7 Å². The van der Waals surface area contributed by atoms with E-state index >= 15 is 0 Å². The molecule has 4 bridgehead atoms. The lowest BCUT2D eigenvalue weighted by atomic mass is 9.48. The highest BCUT2D eigenvalue weighted by Gasteiger charge is 2.53. The van der Waals surface area contributed by atoms with Gasteiger partial charge in [0.25, 0.3) is 0 Å². The zero-order valence-electron chi connectivity index (χ0n) is 13.9. The molecule has 4 heteroatoms. The van der Waals surface area contributed by atoms with E-state index in [0.29, 0.717) is 11.5 Å². The van der Waals surface area contributed by atoms with E-state index in [1.54, 1.807) is 0 Å². The number of nitrogens with one attached hydrogen (secondary N) is 3. The van der Waals surface area contributed by atoms with Crippen molar-refractivity contribution >= 4 is 17.3 Å². The molecule has 0 amide bonds. The summed E-state index contributed by atoms with van der Waals surface area (Å²) in [7, 11) is 4.35. The van der Waals surface area contributed by atoms with Crippen LogP contribution in [-0.4, -0.2) is 38.3 Å². The Morgan fingerprint density at radius 2 is 1.67 bits per heavy atom. The summed E-state index contributed by atoms with van der Waals surface area (Å²) < 4.78 is 0. The molecule has 4 rings (SSSR count). The number of rotatable bonds is 5. The third-order valence-electron chi connectivity index (χ3n) is 6.26. The van der Waals surface area contributed by atoms with Crippen molar-refractivity contribution in [1.29, 1.82) is 0 Å². The zero-order chi connectivity index (χ0) is 15.0. The van der Waals surface area contributed by atoms with Gasteiger partial charge in [0, 0.05) is 6.04 Å². The third kappa shape index (κ3) is 3.37. The van der Waals surface area contributed by atoms with Crippen LogP contribution in [0.3, 0.4) is 0 Å². The lowest BCUT2D eigenvalue weighted by Gasteiger charge is -2.59. The summed E-state index contributed by atoms with van der Waals surface area (Å²) in [6, 6.07) is 0.526. The maximum Gasteiger partial charge on any atom is 0.166 e. The largest absolute Gasteiger partial charge is 0.360 e. The Morgan fingerprint density at radius 3 is 2.14 bits per heavy atom. The molecule has 120 valence electrons. The molecule has 1 atom stereocenters. The van der Waals surface area contributed by atoms with Crippen molar-refractivity contribution in [3.8, 4) is 0 Å². The maximum atomic E-state index is 5.51. The number of likely N-dealkylation sites (N-methyl/N-ethyl adjacent to an activating group) is 1. The Balaban J connectivity index is 1.53. The highest BCUT2D eigenvalue weighted by molar-refractivity contribution is 7.80. The molecular weight excluding hydrogens is 278 g/mol. The Bertz CT molecular complexity index is 358. The van der Waals surface area contributed by atoms with Crippen molar-refractivity contribution in [2.24, 2.45) is 23.2 Å². The minimum absolute atomic E-state index is 0.526. The average molecular weight is 311 g/mol. The minimum Gasteiger partial charge on any atom is -0.360 e. The van der Waals surface area contributed by atoms with Gasteiger partial charge in [-0.2, -0.15) is 0 Å². The average Bonchev–Trinajstić information content (AvgIpc) is 2.36. The molecule has 21 heavy (non-hydrogen) atoms. The summed E-state index contributed by atoms with van der Waals surface area (Å²) in [5.74, 6) is 3.04. The van der Waals surface area contributed by atoms with Crippen LogP contribution >= 0.6 is 12.2 Å². The lowest BCUT2D eigenvalue weighted by Crippen LogP contribution is -3.06. The fourth-order valence-electron chi connectivity index (χ4n) is 5.53. The van der Waals surface area contributed by atoms with Gasteiger partial charge < -0.3 is 15.5 Å². The van der Waals surface area contributed by atoms with Gasteiger partial charge in [-0.3, -0.25) is 0 Å². The summed E-state index contributed by atoms with van der Waals surface area (Å²) in [5.41, 5.74) is 0.535. The second-order valence-electron chi connectivity index (χ2n) is 8.36. The van der Waals surface area contributed by atoms with Crippen molar-refractivity contribution in [3.63, 3.8) is 0 Å². The van der Waals surface area contributed by atoms with E-state index in [1.165, 1.54) is 43.4 Å². The fourth-order valence-corrected chi connectivity index (χ4v) is 5.81. The van der Waals surface area contributed by atoms with Crippen molar-refractivity contribution in [2.45, 2.75) is 51.5 Å². The van der Waals surface area contributed by atoms with E-state index in [1.807, 2.05) is 0 Å². The first-order chi connectivity index (χ1) is 9.97. The number of hydrogen-bond donors (Lipinski definition) is 3. The van der Waals surface area contributed by atoms with Gasteiger partial charge in [0.05, 0.1) is 27.2 Å². The van der Waals surface area contributed by atoms with Crippen LogP contribution in [0.4, 0.5) is 0 Å². The Kier molecular flexibility index (Phi) is 4.47. The Hall–Kier alpha value is -0.350. The highest BCUT2D eigenvalue weighted by atomic mass is 32.1. The highest BCUT2D eigenvalue weighted by Crippen LogP contribution is 2.61. The molecule has 0 heterocycles. The number of hydrogen-bond acceptors (Lipinski definition) is 1. The number of thiocarbonyl (C=S) groups is 1. The van der Waals surface area contributed by atoms with Crippen LogP contribution in [0.15, 0.2) is 0 Å². The minimum atomic E-state index is 0.526. The molecule has 3 N–H and O–H groups in total. The molecule has 0 saturated heterocycles. The Morgan fingerprint density at radius 1 is 1.14 bits per heavy atom. The SMILES string of the molecule is C[C@H](NC(=S)NCC[NH+](C)C)C12CC3CC(CC(C3)C1)C2. The van der Waals surface area contributed by atoms with E-state index in [-0.39, 0.29) is 0 Å². The van der Waals surface area contributed by atoms with Gasteiger partial charge in [0.1, 0.15) is 0 Å². The first kappa shape index (κ1) is 15.5. The van der Waals surface area contributed by atoms with Crippen LogP contribution in [0.25, 0.3) is 0 Å². The molecule has 4 fully saturated rings. The van der Waals surface area contributed by atoms with E-state index in [9.17, 15) is 0 Å². The van der Waals surface area contributed by atoms with E-state index < -0.39 is 0 Å². The molecule has 0 aromatic rings. The van der Waals surface area contributed by atoms with Gasteiger partial charge in [-0.25, -0.2) is 0 Å². The molecular formula is C17H32N3S+. The summed E-state index contributed by atoms with van der Waals surface area (Å²) in [6.45, 7) is 4.44. The summed E-state index contributed by atoms with van der Waals surface area (Å²) >= 11 is 5.51. The molecule has 0 aromatic heterocycles. The van der Waals surface area contributed by atoms with Gasteiger partial charge in [-0.05, 0) is 80.8 Å². The topological polar surface area (TPSA) is 28.5 Å². The van der Waals surface area contributed by atoms with E-state index in [4.69, 9.17) is 12.2 Å². The van der Waals surface area contributed by atoms with Crippen LogP contribution in [-0.2, 0) is 0 Å². The molecule has 4 aliphatic rings. The zero-order valence-corrected chi connectivity index (χ0v) is 14.7. The first-order valence-electron chi connectivity index (χ1n) is 8.80. The van der Waals surface area contributed by atoms with Crippen LogP contribution in [0, 0.1) is 23.2 Å². The van der Waals surface area contributed by atoms with Crippen molar-refractivity contribution < 1.29 is 4.90 Å². The standard InChI is InChI=1S/C17H31N3S/c1-12(19-16(21)18-4-5-20(2)3)17-9-13-6-14(10-17)8-15(7-13)11-17/h12-15H,4-11H2,1-3H3,(H2,18,19,21)/p+1/t12-,13?,14?,15?,17?/m0/s1. The van der Waals surface area contributed by atoms with Crippen LogP contribution < -0.4 is 15.5 Å². The monoisotopic (exact) mass is 310 g/mol. The van der Waals surface area contributed by atoms with Crippen LogP contribution in [0.1, 0.15) is 45.4 Å². The lowest BCUT2D eigenvalue weighted by molar-refractivity contribution is -0.856. The molecule has 0 aromatic carbocycles. The molecule has 0 unspecified atom stereocenters. The van der Waals surface area contributed by atoms with E-state index in [0.717, 1.165) is 36.0 Å². The Labute approximate surface area is 135 Å².